The van der Waals surface area contributed by atoms with Gasteiger partial charge in [0.1, 0.15) is 0 Å². The van der Waals surface area contributed by atoms with Crippen molar-refractivity contribution in [1.29, 1.82) is 0 Å². The van der Waals surface area contributed by atoms with Gasteiger partial charge in [0.15, 0.2) is 0 Å². The van der Waals surface area contributed by atoms with Gasteiger partial charge in [-0.3, -0.25) is 0 Å². The Morgan fingerprint density at radius 2 is 1.17 bits per heavy atom. The second kappa shape index (κ2) is 9.33. The van der Waals surface area contributed by atoms with Crippen LogP contribution in [0.25, 0.3) is 0 Å². The number of sulfonamides is 1. The lowest BCUT2D eigenvalue weighted by Crippen LogP contribution is -2.30. The maximum absolute atomic E-state index is 13.4. The summed E-state index contributed by atoms with van der Waals surface area (Å²) in [5.41, 5.74) is 16.3. The van der Waals surface area contributed by atoms with Crippen molar-refractivity contribution in [3.8, 4) is 0 Å². The standard InChI is InChI=1S/C23H27N3O2S/c1-18-8-10-23(11-9-18)29(27,28)26(16-21-6-2-4-19(12-21)14-24)17-22-7-3-5-20(13-22)15-25/h2-13H,14-17,24-25H2,1H3. The average molecular weight is 410 g/mol. The molecule has 0 aliphatic rings. The molecule has 5 nitrogen and oxygen atoms in total. The molecule has 0 amide bonds. The van der Waals surface area contributed by atoms with Gasteiger partial charge in [-0.2, -0.15) is 4.31 Å². The van der Waals surface area contributed by atoms with Crippen molar-refractivity contribution in [2.45, 2.75) is 38.0 Å². The molecule has 3 rings (SSSR count). The zero-order valence-electron chi connectivity index (χ0n) is 16.6. The van der Waals surface area contributed by atoms with Crippen LogP contribution in [0.2, 0.25) is 0 Å². The second-order valence-corrected chi connectivity index (χ2v) is 9.07. The van der Waals surface area contributed by atoms with Gasteiger partial charge in [0.05, 0.1) is 4.90 Å². The van der Waals surface area contributed by atoms with Crippen molar-refractivity contribution in [1.82, 2.24) is 4.31 Å². The van der Waals surface area contributed by atoms with E-state index in [1.807, 2.05) is 67.6 Å². The summed E-state index contributed by atoms with van der Waals surface area (Å²) in [6, 6.07) is 22.4. The van der Waals surface area contributed by atoms with E-state index in [0.717, 1.165) is 27.8 Å². The van der Waals surface area contributed by atoms with Gasteiger partial charge >= 0.3 is 0 Å². The van der Waals surface area contributed by atoms with E-state index in [0.29, 0.717) is 13.1 Å². The minimum atomic E-state index is -3.68. The van der Waals surface area contributed by atoms with Crippen LogP contribution in [0.5, 0.6) is 0 Å². The highest BCUT2D eigenvalue weighted by molar-refractivity contribution is 7.89. The second-order valence-electron chi connectivity index (χ2n) is 7.13. The predicted molar refractivity (Wildman–Crippen MR) is 116 cm³/mol. The monoisotopic (exact) mass is 409 g/mol. The Hall–Kier alpha value is -2.51. The smallest absolute Gasteiger partial charge is 0.243 e. The lowest BCUT2D eigenvalue weighted by Gasteiger charge is -2.23. The van der Waals surface area contributed by atoms with Gasteiger partial charge < -0.3 is 11.5 Å². The van der Waals surface area contributed by atoms with Gasteiger partial charge in [-0.15, -0.1) is 0 Å². The van der Waals surface area contributed by atoms with Crippen molar-refractivity contribution >= 4 is 10.0 Å². The number of rotatable bonds is 8. The van der Waals surface area contributed by atoms with Gasteiger partial charge in [0, 0.05) is 26.2 Å². The average Bonchev–Trinajstić information content (AvgIpc) is 2.74. The Balaban J connectivity index is 1.98. The normalized spacial score (nSPS) is 11.7. The van der Waals surface area contributed by atoms with Crippen molar-refractivity contribution in [3.05, 3.63) is 101 Å². The molecule has 4 N–H and O–H groups in total. The summed E-state index contributed by atoms with van der Waals surface area (Å²) in [4.78, 5) is 0.285. The minimum absolute atomic E-state index is 0.261. The highest BCUT2D eigenvalue weighted by Gasteiger charge is 2.25. The molecule has 3 aromatic carbocycles. The number of nitrogens with zero attached hydrogens (tertiary/aromatic N) is 1. The van der Waals surface area contributed by atoms with Crippen LogP contribution < -0.4 is 11.5 Å². The lowest BCUT2D eigenvalue weighted by molar-refractivity contribution is 0.401. The summed E-state index contributed by atoms with van der Waals surface area (Å²) in [6.07, 6.45) is 0. The molecule has 0 radical (unpaired) electrons. The molecule has 0 saturated heterocycles. The highest BCUT2D eigenvalue weighted by atomic mass is 32.2. The summed E-state index contributed by atoms with van der Waals surface area (Å²) in [5, 5.41) is 0. The third-order valence-corrected chi connectivity index (χ3v) is 6.64. The number of nitrogens with two attached hydrogens (primary N) is 2. The van der Waals surface area contributed by atoms with E-state index in [2.05, 4.69) is 0 Å². The van der Waals surface area contributed by atoms with Crippen molar-refractivity contribution in [3.63, 3.8) is 0 Å². The van der Waals surface area contributed by atoms with E-state index < -0.39 is 10.0 Å². The molecule has 0 heterocycles. The van der Waals surface area contributed by atoms with Gasteiger partial charge in [0.2, 0.25) is 10.0 Å². The molecule has 0 fully saturated rings. The fourth-order valence-electron chi connectivity index (χ4n) is 3.20. The Morgan fingerprint density at radius 1 is 0.724 bits per heavy atom. The Kier molecular flexibility index (Phi) is 6.82. The fourth-order valence-corrected chi connectivity index (χ4v) is 4.62. The first-order valence-electron chi connectivity index (χ1n) is 9.55. The SMILES string of the molecule is Cc1ccc(S(=O)(=O)N(Cc2cccc(CN)c2)Cc2cccc(CN)c2)cc1. The summed E-state index contributed by atoms with van der Waals surface area (Å²) in [7, 11) is -3.68. The van der Waals surface area contributed by atoms with Crippen LogP contribution in [0.1, 0.15) is 27.8 Å². The third kappa shape index (κ3) is 5.31. The van der Waals surface area contributed by atoms with E-state index in [4.69, 9.17) is 11.5 Å². The number of benzene rings is 3. The van der Waals surface area contributed by atoms with Gasteiger partial charge in [-0.1, -0.05) is 66.2 Å². The molecule has 29 heavy (non-hydrogen) atoms. The van der Waals surface area contributed by atoms with Crippen LogP contribution in [0.3, 0.4) is 0 Å². The molecule has 0 bridgehead atoms. The third-order valence-electron chi connectivity index (χ3n) is 4.83. The van der Waals surface area contributed by atoms with Gasteiger partial charge in [0.25, 0.3) is 0 Å². The number of hydrogen-bond acceptors (Lipinski definition) is 4. The molecule has 0 aliphatic carbocycles. The Bertz CT molecular complexity index is 1010. The molecule has 3 aromatic rings. The maximum Gasteiger partial charge on any atom is 0.243 e. The summed E-state index contributed by atoms with van der Waals surface area (Å²) in [5.74, 6) is 0. The van der Waals surface area contributed by atoms with Crippen LogP contribution in [0.15, 0.2) is 77.7 Å². The largest absolute Gasteiger partial charge is 0.326 e. The fraction of sp³-hybridized carbons (Fsp3) is 0.217. The zero-order valence-corrected chi connectivity index (χ0v) is 17.4. The van der Waals surface area contributed by atoms with Crippen molar-refractivity contribution < 1.29 is 8.42 Å². The van der Waals surface area contributed by atoms with Crippen LogP contribution in [0, 0.1) is 6.92 Å². The first kappa shape index (κ1) is 21.2. The quantitative estimate of drug-likeness (QED) is 0.597. The van der Waals surface area contributed by atoms with Crippen LogP contribution in [-0.2, 0) is 36.2 Å². The molecule has 0 aromatic heterocycles. The molecule has 6 heteroatoms. The number of hydrogen-bond donors (Lipinski definition) is 2. The maximum atomic E-state index is 13.4. The highest BCUT2D eigenvalue weighted by Crippen LogP contribution is 2.22. The van der Waals surface area contributed by atoms with E-state index in [9.17, 15) is 8.42 Å². The van der Waals surface area contributed by atoms with Crippen molar-refractivity contribution in [2.75, 3.05) is 0 Å². The first-order chi connectivity index (χ1) is 13.9. The zero-order chi connectivity index (χ0) is 20.9. The topological polar surface area (TPSA) is 89.4 Å². The van der Waals surface area contributed by atoms with Gasteiger partial charge in [-0.25, -0.2) is 8.42 Å². The minimum Gasteiger partial charge on any atom is -0.326 e. The molecule has 0 aliphatic heterocycles. The van der Waals surface area contributed by atoms with Crippen LogP contribution >= 0.6 is 0 Å². The van der Waals surface area contributed by atoms with E-state index in [1.165, 1.54) is 4.31 Å². The summed E-state index contributed by atoms with van der Waals surface area (Å²) in [6.45, 7) is 3.28. The summed E-state index contributed by atoms with van der Waals surface area (Å²) < 4.78 is 28.4. The Labute approximate surface area is 173 Å². The molecule has 0 atom stereocenters. The number of aryl methyl sites for hydroxylation is 1. The molecule has 152 valence electrons. The lowest BCUT2D eigenvalue weighted by atomic mass is 10.1. The van der Waals surface area contributed by atoms with Gasteiger partial charge in [-0.05, 0) is 41.3 Å². The Morgan fingerprint density at radius 3 is 1.62 bits per heavy atom. The molecular weight excluding hydrogens is 382 g/mol. The predicted octanol–water partition coefficient (Wildman–Crippen LogP) is 3.30. The van der Waals surface area contributed by atoms with Crippen LogP contribution in [-0.4, -0.2) is 12.7 Å². The molecule has 0 spiro atoms. The van der Waals surface area contributed by atoms with E-state index in [-0.39, 0.29) is 18.0 Å². The van der Waals surface area contributed by atoms with Crippen molar-refractivity contribution in [2.24, 2.45) is 11.5 Å². The van der Waals surface area contributed by atoms with E-state index in [1.54, 1.807) is 12.1 Å². The summed E-state index contributed by atoms with van der Waals surface area (Å²) >= 11 is 0. The molecule has 0 saturated carbocycles. The first-order valence-corrected chi connectivity index (χ1v) is 11.0. The molecule has 0 unspecified atom stereocenters. The van der Waals surface area contributed by atoms with Crippen LogP contribution in [0.4, 0.5) is 0 Å². The molecular formula is C23H27N3O2S. The van der Waals surface area contributed by atoms with E-state index >= 15 is 0 Å².